The van der Waals surface area contributed by atoms with E-state index >= 15 is 0 Å². The number of sulfonamides is 1. The summed E-state index contributed by atoms with van der Waals surface area (Å²) in [6.45, 7) is 5.30. The van der Waals surface area contributed by atoms with Crippen molar-refractivity contribution in [1.29, 1.82) is 0 Å². The third kappa shape index (κ3) is 3.77. The Kier molecular flexibility index (Phi) is 5.27. The van der Waals surface area contributed by atoms with Gasteiger partial charge in [-0.2, -0.15) is 4.31 Å². The summed E-state index contributed by atoms with van der Waals surface area (Å²) in [5.41, 5.74) is 7.23. The van der Waals surface area contributed by atoms with Gasteiger partial charge in [0.05, 0.1) is 4.90 Å². The molecule has 2 rings (SSSR count). The Morgan fingerprint density at radius 1 is 1.29 bits per heavy atom. The monoisotopic (exact) mass is 310 g/mol. The lowest BCUT2D eigenvalue weighted by molar-refractivity contribution is 0.400. The van der Waals surface area contributed by atoms with Crippen molar-refractivity contribution in [2.75, 3.05) is 18.8 Å². The van der Waals surface area contributed by atoms with E-state index in [1.54, 1.807) is 22.5 Å². The zero-order chi connectivity index (χ0) is 15.5. The first-order valence-electron chi connectivity index (χ1n) is 7.81. The van der Waals surface area contributed by atoms with Crippen LogP contribution < -0.4 is 5.73 Å². The maximum atomic E-state index is 12.8. The number of hydrogen-bond acceptors (Lipinski definition) is 3. The molecule has 1 unspecified atom stereocenters. The van der Waals surface area contributed by atoms with Crippen molar-refractivity contribution in [1.82, 2.24) is 4.31 Å². The summed E-state index contributed by atoms with van der Waals surface area (Å²) in [6, 6.07) is 4.98. The van der Waals surface area contributed by atoms with Crippen LogP contribution in [0, 0.1) is 12.8 Å². The Labute approximate surface area is 128 Å². The van der Waals surface area contributed by atoms with E-state index in [1.807, 2.05) is 6.92 Å². The zero-order valence-electron chi connectivity index (χ0n) is 13.0. The molecule has 1 fully saturated rings. The molecule has 1 aromatic carbocycles. The fourth-order valence-electron chi connectivity index (χ4n) is 3.03. The molecule has 0 aliphatic carbocycles. The SMILES string of the molecule is CCCC1CCCN(S(=O)(=O)c2ccc(N)c(C)c2)CC1. The van der Waals surface area contributed by atoms with Gasteiger partial charge < -0.3 is 5.73 Å². The molecular formula is C16H26N2O2S. The van der Waals surface area contributed by atoms with Crippen molar-refractivity contribution < 1.29 is 8.42 Å². The van der Waals surface area contributed by atoms with E-state index in [0.717, 1.165) is 24.8 Å². The lowest BCUT2D eigenvalue weighted by Crippen LogP contribution is -2.32. The molecular weight excluding hydrogens is 284 g/mol. The van der Waals surface area contributed by atoms with Crippen LogP contribution in [0.4, 0.5) is 5.69 Å². The molecule has 1 atom stereocenters. The summed E-state index contributed by atoms with van der Waals surface area (Å²) < 4.78 is 27.2. The molecule has 21 heavy (non-hydrogen) atoms. The largest absolute Gasteiger partial charge is 0.399 e. The first-order valence-corrected chi connectivity index (χ1v) is 9.25. The van der Waals surface area contributed by atoms with Gasteiger partial charge >= 0.3 is 0 Å². The zero-order valence-corrected chi connectivity index (χ0v) is 13.8. The van der Waals surface area contributed by atoms with Gasteiger partial charge in [0.15, 0.2) is 0 Å². The van der Waals surface area contributed by atoms with Gasteiger partial charge in [0.2, 0.25) is 10.0 Å². The molecule has 0 radical (unpaired) electrons. The third-order valence-corrected chi connectivity index (χ3v) is 6.28. The first-order chi connectivity index (χ1) is 9.95. The Bertz CT molecular complexity index is 584. The summed E-state index contributed by atoms with van der Waals surface area (Å²) in [5, 5.41) is 0. The van der Waals surface area contributed by atoms with E-state index in [-0.39, 0.29) is 0 Å². The van der Waals surface area contributed by atoms with Crippen LogP contribution in [0.15, 0.2) is 23.1 Å². The molecule has 5 heteroatoms. The summed E-state index contributed by atoms with van der Waals surface area (Å²) >= 11 is 0. The molecule has 1 aromatic rings. The molecule has 0 amide bonds. The summed E-state index contributed by atoms with van der Waals surface area (Å²) in [5.74, 6) is 0.670. The number of nitrogen functional groups attached to an aromatic ring is 1. The highest BCUT2D eigenvalue weighted by molar-refractivity contribution is 7.89. The smallest absolute Gasteiger partial charge is 0.243 e. The molecule has 0 spiro atoms. The quantitative estimate of drug-likeness (QED) is 0.869. The normalized spacial score (nSPS) is 21.1. The lowest BCUT2D eigenvalue weighted by atomic mass is 9.96. The maximum Gasteiger partial charge on any atom is 0.243 e. The minimum Gasteiger partial charge on any atom is -0.399 e. The highest BCUT2D eigenvalue weighted by atomic mass is 32.2. The topological polar surface area (TPSA) is 63.4 Å². The molecule has 0 aromatic heterocycles. The second-order valence-corrected chi connectivity index (χ2v) is 7.95. The van der Waals surface area contributed by atoms with Crippen molar-refractivity contribution in [2.24, 2.45) is 5.92 Å². The second kappa shape index (κ2) is 6.79. The fourth-order valence-corrected chi connectivity index (χ4v) is 4.61. The van der Waals surface area contributed by atoms with Crippen LogP contribution in [-0.4, -0.2) is 25.8 Å². The van der Waals surface area contributed by atoms with Gasteiger partial charge in [0.1, 0.15) is 0 Å². The van der Waals surface area contributed by atoms with Crippen molar-refractivity contribution in [2.45, 2.75) is 50.8 Å². The van der Waals surface area contributed by atoms with Crippen molar-refractivity contribution >= 4 is 15.7 Å². The maximum absolute atomic E-state index is 12.8. The molecule has 1 aliphatic heterocycles. The number of benzene rings is 1. The Hall–Kier alpha value is -1.07. The summed E-state index contributed by atoms with van der Waals surface area (Å²) in [7, 11) is -3.39. The van der Waals surface area contributed by atoms with Gasteiger partial charge in [-0.15, -0.1) is 0 Å². The average molecular weight is 310 g/mol. The second-order valence-electron chi connectivity index (χ2n) is 6.01. The number of nitrogens with two attached hydrogens (primary N) is 1. The predicted octanol–water partition coefficient (Wildman–Crippen LogP) is 3.17. The first kappa shape index (κ1) is 16.3. The minimum atomic E-state index is -3.39. The van der Waals surface area contributed by atoms with E-state index in [1.165, 1.54) is 12.8 Å². The van der Waals surface area contributed by atoms with Gasteiger partial charge in [-0.3, -0.25) is 0 Å². The van der Waals surface area contributed by atoms with Crippen molar-refractivity contribution in [3.63, 3.8) is 0 Å². The molecule has 1 saturated heterocycles. The summed E-state index contributed by atoms with van der Waals surface area (Å²) in [4.78, 5) is 0.364. The molecule has 118 valence electrons. The van der Waals surface area contributed by atoms with E-state index in [2.05, 4.69) is 6.92 Å². The molecule has 1 aliphatic rings. The van der Waals surface area contributed by atoms with Gasteiger partial charge in [-0.1, -0.05) is 19.8 Å². The Morgan fingerprint density at radius 2 is 2.05 bits per heavy atom. The van der Waals surface area contributed by atoms with Crippen LogP contribution in [0.25, 0.3) is 0 Å². The number of anilines is 1. The highest BCUT2D eigenvalue weighted by Crippen LogP contribution is 2.26. The molecule has 2 N–H and O–H groups in total. The standard InChI is InChI=1S/C16H26N2O2S/c1-3-5-14-6-4-10-18(11-9-14)21(19,20)15-7-8-16(17)13(2)12-15/h7-8,12,14H,3-6,9-11,17H2,1-2H3. The van der Waals surface area contributed by atoms with Crippen LogP contribution in [0.3, 0.4) is 0 Å². The Morgan fingerprint density at radius 3 is 2.71 bits per heavy atom. The third-order valence-electron chi connectivity index (χ3n) is 4.38. The lowest BCUT2D eigenvalue weighted by Gasteiger charge is -2.20. The van der Waals surface area contributed by atoms with Crippen LogP contribution in [0.2, 0.25) is 0 Å². The minimum absolute atomic E-state index is 0.364. The fraction of sp³-hybridized carbons (Fsp3) is 0.625. The van der Waals surface area contributed by atoms with Crippen molar-refractivity contribution in [3.8, 4) is 0 Å². The van der Waals surface area contributed by atoms with E-state index in [9.17, 15) is 8.42 Å². The highest BCUT2D eigenvalue weighted by Gasteiger charge is 2.27. The molecule has 0 bridgehead atoms. The van der Waals surface area contributed by atoms with Crippen LogP contribution in [-0.2, 0) is 10.0 Å². The number of hydrogen-bond donors (Lipinski definition) is 1. The van der Waals surface area contributed by atoms with Crippen molar-refractivity contribution in [3.05, 3.63) is 23.8 Å². The van der Waals surface area contributed by atoms with Gasteiger partial charge in [-0.25, -0.2) is 8.42 Å². The predicted molar refractivity (Wildman–Crippen MR) is 86.6 cm³/mol. The summed E-state index contributed by atoms with van der Waals surface area (Å²) in [6.07, 6.45) is 5.45. The molecule has 4 nitrogen and oxygen atoms in total. The van der Waals surface area contributed by atoms with Gasteiger partial charge in [0, 0.05) is 18.8 Å². The van der Waals surface area contributed by atoms with Crippen LogP contribution in [0.1, 0.15) is 44.6 Å². The average Bonchev–Trinajstić information content (AvgIpc) is 2.68. The Balaban J connectivity index is 2.17. The van der Waals surface area contributed by atoms with Crippen LogP contribution in [0.5, 0.6) is 0 Å². The van der Waals surface area contributed by atoms with Crippen LogP contribution >= 0.6 is 0 Å². The number of rotatable bonds is 4. The molecule has 0 saturated carbocycles. The van der Waals surface area contributed by atoms with Gasteiger partial charge in [-0.05, 0) is 55.9 Å². The number of aryl methyl sites for hydroxylation is 1. The van der Waals surface area contributed by atoms with E-state index in [0.29, 0.717) is 29.6 Å². The van der Waals surface area contributed by atoms with Gasteiger partial charge in [0.25, 0.3) is 0 Å². The number of nitrogens with zero attached hydrogens (tertiary/aromatic N) is 1. The van der Waals surface area contributed by atoms with E-state index in [4.69, 9.17) is 5.73 Å². The van der Waals surface area contributed by atoms with E-state index < -0.39 is 10.0 Å². The molecule has 1 heterocycles.